The van der Waals surface area contributed by atoms with Crippen LogP contribution in [0.3, 0.4) is 0 Å². The molecule has 0 spiro atoms. The van der Waals surface area contributed by atoms with Gasteiger partial charge in [0.05, 0.1) is 17.1 Å². The summed E-state index contributed by atoms with van der Waals surface area (Å²) in [6.07, 6.45) is 2.19. The molecule has 1 heterocycles. The molecule has 1 atom stereocenters. The van der Waals surface area contributed by atoms with Crippen molar-refractivity contribution in [2.75, 3.05) is 7.05 Å². The second-order valence-corrected chi connectivity index (χ2v) is 7.15. The van der Waals surface area contributed by atoms with Crippen LogP contribution in [0.4, 0.5) is 8.78 Å². The summed E-state index contributed by atoms with van der Waals surface area (Å²) < 4.78 is 26.8. The first-order chi connectivity index (χ1) is 13.0. The summed E-state index contributed by atoms with van der Waals surface area (Å²) in [7, 11) is 1.68. The third-order valence-electron chi connectivity index (χ3n) is 5.29. The molecule has 1 aromatic heterocycles. The summed E-state index contributed by atoms with van der Waals surface area (Å²) in [5, 5.41) is 0.802. The lowest BCUT2D eigenvalue weighted by Crippen LogP contribution is -2.30. The molecule has 138 valence electrons. The fraction of sp³-hybridized carbons (Fsp3) is 0.273. The van der Waals surface area contributed by atoms with Gasteiger partial charge in [-0.3, -0.25) is 9.78 Å². The lowest BCUT2D eigenvalue weighted by molar-refractivity contribution is 0.0744. The Kier molecular flexibility index (Phi) is 4.38. The Hall–Kier alpha value is -2.82. The van der Waals surface area contributed by atoms with E-state index in [1.54, 1.807) is 18.9 Å². The zero-order valence-electron chi connectivity index (χ0n) is 15.2. The van der Waals surface area contributed by atoms with E-state index in [-0.39, 0.29) is 5.91 Å². The summed E-state index contributed by atoms with van der Waals surface area (Å²) >= 11 is 0. The molecule has 1 saturated carbocycles. The van der Waals surface area contributed by atoms with E-state index >= 15 is 0 Å². The maximum absolute atomic E-state index is 13.6. The van der Waals surface area contributed by atoms with Crippen LogP contribution in [0, 0.1) is 11.6 Å². The normalized spacial score (nSPS) is 15.0. The molecular formula is C22H20F2N2O. The van der Waals surface area contributed by atoms with E-state index in [0.717, 1.165) is 41.6 Å². The van der Waals surface area contributed by atoms with E-state index < -0.39 is 17.7 Å². The molecule has 0 radical (unpaired) electrons. The number of pyridine rings is 1. The van der Waals surface area contributed by atoms with Crippen LogP contribution >= 0.6 is 0 Å². The smallest absolute Gasteiger partial charge is 0.254 e. The van der Waals surface area contributed by atoms with Crippen molar-refractivity contribution in [1.82, 2.24) is 9.88 Å². The second-order valence-electron chi connectivity index (χ2n) is 7.15. The van der Waals surface area contributed by atoms with Gasteiger partial charge in [0.15, 0.2) is 11.6 Å². The lowest BCUT2D eigenvalue weighted by atomic mass is 10.0. The van der Waals surface area contributed by atoms with Gasteiger partial charge in [-0.2, -0.15) is 0 Å². The summed E-state index contributed by atoms with van der Waals surface area (Å²) in [5.41, 5.74) is 2.90. The summed E-state index contributed by atoms with van der Waals surface area (Å²) in [4.78, 5) is 19.5. The standard InChI is InChI=1S/C22H20F2N2O/c1-13(15-9-10-18(23)19(24)11-15)26(2)22(27)17-12-21(14-7-8-14)25-20-6-4-3-5-16(17)20/h3-6,9-14H,7-8H2,1-2H3. The quantitative estimate of drug-likeness (QED) is 0.634. The third-order valence-corrected chi connectivity index (χ3v) is 5.29. The minimum atomic E-state index is -0.912. The number of para-hydroxylation sites is 1. The minimum Gasteiger partial charge on any atom is -0.335 e. The fourth-order valence-electron chi connectivity index (χ4n) is 3.32. The summed E-state index contributed by atoms with van der Waals surface area (Å²) in [5.74, 6) is -1.54. The zero-order valence-corrected chi connectivity index (χ0v) is 15.2. The largest absolute Gasteiger partial charge is 0.335 e. The number of carbonyl (C=O) groups excluding carboxylic acids is 1. The Bertz CT molecular complexity index is 1030. The molecule has 0 bridgehead atoms. The topological polar surface area (TPSA) is 33.2 Å². The highest BCUT2D eigenvalue weighted by atomic mass is 19.2. The lowest BCUT2D eigenvalue weighted by Gasteiger charge is -2.26. The zero-order chi connectivity index (χ0) is 19.1. The van der Waals surface area contributed by atoms with Gasteiger partial charge in [-0.1, -0.05) is 24.3 Å². The number of nitrogens with zero attached hydrogens (tertiary/aromatic N) is 2. The van der Waals surface area contributed by atoms with Crippen molar-refractivity contribution in [3.8, 4) is 0 Å². The van der Waals surface area contributed by atoms with Gasteiger partial charge in [0.25, 0.3) is 5.91 Å². The molecule has 1 unspecified atom stereocenters. The molecular weight excluding hydrogens is 346 g/mol. The van der Waals surface area contributed by atoms with E-state index in [0.29, 0.717) is 17.0 Å². The van der Waals surface area contributed by atoms with Gasteiger partial charge >= 0.3 is 0 Å². The van der Waals surface area contributed by atoms with Gasteiger partial charge in [0, 0.05) is 24.0 Å². The number of rotatable bonds is 4. The highest BCUT2D eigenvalue weighted by molar-refractivity contribution is 6.06. The highest BCUT2D eigenvalue weighted by Crippen LogP contribution is 2.40. The van der Waals surface area contributed by atoms with Crippen molar-refractivity contribution >= 4 is 16.8 Å². The van der Waals surface area contributed by atoms with Crippen LogP contribution in [0.5, 0.6) is 0 Å². The van der Waals surface area contributed by atoms with Gasteiger partial charge < -0.3 is 4.90 Å². The van der Waals surface area contributed by atoms with Crippen LogP contribution in [-0.4, -0.2) is 22.8 Å². The van der Waals surface area contributed by atoms with Crippen molar-refractivity contribution in [3.63, 3.8) is 0 Å². The Morgan fingerprint density at radius 1 is 1.11 bits per heavy atom. The van der Waals surface area contributed by atoms with Crippen LogP contribution in [0.25, 0.3) is 10.9 Å². The van der Waals surface area contributed by atoms with Crippen LogP contribution in [-0.2, 0) is 0 Å². The average molecular weight is 366 g/mol. The van der Waals surface area contributed by atoms with Crippen molar-refractivity contribution in [1.29, 1.82) is 0 Å². The van der Waals surface area contributed by atoms with E-state index in [1.807, 2.05) is 30.3 Å². The van der Waals surface area contributed by atoms with Crippen molar-refractivity contribution in [3.05, 3.63) is 77.0 Å². The first kappa shape index (κ1) is 17.6. The third kappa shape index (κ3) is 3.29. The maximum atomic E-state index is 13.6. The number of hydrogen-bond acceptors (Lipinski definition) is 2. The number of hydrogen-bond donors (Lipinski definition) is 0. The molecule has 3 nitrogen and oxygen atoms in total. The molecule has 1 aliphatic rings. The summed E-state index contributed by atoms with van der Waals surface area (Å²) in [6, 6.07) is 12.8. The maximum Gasteiger partial charge on any atom is 0.254 e. The van der Waals surface area contributed by atoms with Crippen LogP contribution < -0.4 is 0 Å². The monoisotopic (exact) mass is 366 g/mol. The van der Waals surface area contributed by atoms with Gasteiger partial charge in [-0.05, 0) is 49.6 Å². The van der Waals surface area contributed by atoms with Gasteiger partial charge in [0.2, 0.25) is 0 Å². The molecule has 0 N–H and O–H groups in total. The van der Waals surface area contributed by atoms with Gasteiger partial charge in [-0.25, -0.2) is 8.78 Å². The predicted molar refractivity (Wildman–Crippen MR) is 101 cm³/mol. The number of benzene rings is 2. The molecule has 1 amide bonds. The van der Waals surface area contributed by atoms with Gasteiger partial charge in [0.1, 0.15) is 0 Å². The highest BCUT2D eigenvalue weighted by Gasteiger charge is 2.28. The van der Waals surface area contributed by atoms with Crippen LogP contribution in [0.15, 0.2) is 48.5 Å². The molecule has 3 aromatic rings. The van der Waals surface area contributed by atoms with Gasteiger partial charge in [-0.15, -0.1) is 0 Å². The molecule has 0 aliphatic heterocycles. The van der Waals surface area contributed by atoms with Crippen molar-refractivity contribution in [2.24, 2.45) is 0 Å². The second kappa shape index (κ2) is 6.72. The van der Waals surface area contributed by atoms with E-state index in [2.05, 4.69) is 0 Å². The number of fused-ring (bicyclic) bond motifs is 1. The molecule has 1 aliphatic carbocycles. The average Bonchev–Trinajstić information content (AvgIpc) is 3.53. The SMILES string of the molecule is CC(c1ccc(F)c(F)c1)N(C)C(=O)c1cc(C2CC2)nc2ccccc12. The minimum absolute atomic E-state index is 0.160. The Balaban J connectivity index is 1.72. The number of carbonyl (C=O) groups is 1. The molecule has 4 rings (SSSR count). The fourth-order valence-corrected chi connectivity index (χ4v) is 3.32. The van der Waals surface area contributed by atoms with Crippen molar-refractivity contribution < 1.29 is 13.6 Å². The molecule has 2 aromatic carbocycles. The van der Waals surface area contributed by atoms with E-state index in [9.17, 15) is 13.6 Å². The first-order valence-corrected chi connectivity index (χ1v) is 9.07. The first-order valence-electron chi connectivity index (χ1n) is 9.07. The Morgan fingerprint density at radius 2 is 1.85 bits per heavy atom. The van der Waals surface area contributed by atoms with Crippen LogP contribution in [0.1, 0.15) is 53.3 Å². The van der Waals surface area contributed by atoms with Crippen molar-refractivity contribution in [2.45, 2.75) is 31.7 Å². The molecule has 0 saturated heterocycles. The summed E-state index contributed by atoms with van der Waals surface area (Å²) in [6.45, 7) is 1.80. The Morgan fingerprint density at radius 3 is 2.56 bits per heavy atom. The van der Waals surface area contributed by atoms with E-state index in [4.69, 9.17) is 4.98 Å². The van der Waals surface area contributed by atoms with E-state index in [1.165, 1.54) is 6.07 Å². The number of halogens is 2. The molecule has 1 fully saturated rings. The predicted octanol–water partition coefficient (Wildman–Crippen LogP) is 5.22. The molecule has 5 heteroatoms. The molecule has 27 heavy (non-hydrogen) atoms. The number of aromatic nitrogens is 1. The van der Waals surface area contributed by atoms with Crippen LogP contribution in [0.2, 0.25) is 0 Å². The number of amides is 1. The Labute approximate surface area is 156 Å².